The van der Waals surface area contributed by atoms with Crippen LogP contribution in [-0.4, -0.2) is 42.3 Å². The van der Waals surface area contributed by atoms with Gasteiger partial charge in [-0.1, -0.05) is 37.6 Å². The lowest BCUT2D eigenvalue weighted by Gasteiger charge is -2.21. The molecule has 1 unspecified atom stereocenters. The summed E-state index contributed by atoms with van der Waals surface area (Å²) in [6.07, 6.45) is 0.369. The maximum atomic E-state index is 13.0. The lowest BCUT2D eigenvalue weighted by atomic mass is 10.1. The van der Waals surface area contributed by atoms with Crippen LogP contribution in [0, 0.1) is 0 Å². The average Bonchev–Trinajstić information content (AvgIpc) is 2.79. The predicted octanol–water partition coefficient (Wildman–Crippen LogP) is 3.11. The van der Waals surface area contributed by atoms with Crippen LogP contribution in [0.1, 0.15) is 40.5 Å². The van der Waals surface area contributed by atoms with E-state index in [0.717, 1.165) is 4.90 Å². The molecule has 1 heterocycles. The van der Waals surface area contributed by atoms with Gasteiger partial charge >= 0.3 is 0 Å². The molecule has 0 saturated heterocycles. The standard InChI is InChI=1S/C21H21NO5/c1-3-8-19-21(25)22(20(24)15-10-5-7-12-18(15)27-19)13-16(23)14-9-4-6-11-17(14)26-2/h4-7,9-12,19H,3,8,13H2,1-2H3. The highest BCUT2D eigenvalue weighted by atomic mass is 16.5. The number of hydrogen-bond acceptors (Lipinski definition) is 5. The molecule has 2 aromatic carbocycles. The van der Waals surface area contributed by atoms with E-state index < -0.39 is 17.9 Å². The molecule has 0 fully saturated rings. The van der Waals surface area contributed by atoms with Gasteiger partial charge in [0.05, 0.1) is 24.8 Å². The van der Waals surface area contributed by atoms with E-state index in [4.69, 9.17) is 9.47 Å². The molecule has 0 spiro atoms. The molecule has 1 atom stereocenters. The normalized spacial score (nSPS) is 16.4. The smallest absolute Gasteiger partial charge is 0.270 e. The van der Waals surface area contributed by atoms with E-state index in [0.29, 0.717) is 29.9 Å². The van der Waals surface area contributed by atoms with Gasteiger partial charge in [-0.3, -0.25) is 19.3 Å². The summed E-state index contributed by atoms with van der Waals surface area (Å²) in [6, 6.07) is 13.4. The fourth-order valence-corrected chi connectivity index (χ4v) is 3.07. The van der Waals surface area contributed by atoms with Gasteiger partial charge in [-0.05, 0) is 30.7 Å². The molecule has 140 valence electrons. The first kappa shape index (κ1) is 18.6. The number of fused-ring (bicyclic) bond motifs is 1. The first-order valence-corrected chi connectivity index (χ1v) is 8.84. The molecule has 1 aliphatic heterocycles. The minimum Gasteiger partial charge on any atom is -0.496 e. The summed E-state index contributed by atoms with van der Waals surface area (Å²) in [6.45, 7) is 1.57. The first-order chi connectivity index (χ1) is 13.1. The van der Waals surface area contributed by atoms with E-state index in [1.165, 1.54) is 7.11 Å². The molecule has 0 N–H and O–H groups in total. The number of Topliss-reactive ketones (excluding diaryl/α,β-unsaturated/α-hetero) is 1. The summed E-state index contributed by atoms with van der Waals surface area (Å²) in [5, 5.41) is 0. The van der Waals surface area contributed by atoms with E-state index in [2.05, 4.69) is 0 Å². The van der Waals surface area contributed by atoms with Crippen LogP contribution < -0.4 is 9.47 Å². The Hall–Kier alpha value is -3.15. The Bertz CT molecular complexity index is 876. The third kappa shape index (κ3) is 3.69. The highest BCUT2D eigenvalue weighted by Gasteiger charge is 2.37. The van der Waals surface area contributed by atoms with Crippen LogP contribution in [-0.2, 0) is 4.79 Å². The molecule has 0 bridgehead atoms. The topological polar surface area (TPSA) is 72.9 Å². The highest BCUT2D eigenvalue weighted by Crippen LogP contribution is 2.27. The Labute approximate surface area is 157 Å². The van der Waals surface area contributed by atoms with Gasteiger partial charge in [0, 0.05) is 0 Å². The van der Waals surface area contributed by atoms with E-state index in [9.17, 15) is 14.4 Å². The monoisotopic (exact) mass is 367 g/mol. The number of hydrogen-bond donors (Lipinski definition) is 0. The Morgan fingerprint density at radius 2 is 1.81 bits per heavy atom. The molecule has 0 saturated carbocycles. The van der Waals surface area contributed by atoms with Crippen molar-refractivity contribution in [3.05, 3.63) is 59.7 Å². The number of ether oxygens (including phenoxy) is 2. The molecule has 0 aliphatic carbocycles. The Morgan fingerprint density at radius 3 is 2.56 bits per heavy atom. The number of ketones is 1. The van der Waals surface area contributed by atoms with Crippen LogP contribution in [0.15, 0.2) is 48.5 Å². The average molecular weight is 367 g/mol. The van der Waals surface area contributed by atoms with Crippen LogP contribution in [0.3, 0.4) is 0 Å². The number of carbonyl (C=O) groups excluding carboxylic acids is 3. The van der Waals surface area contributed by atoms with Gasteiger partial charge < -0.3 is 9.47 Å². The van der Waals surface area contributed by atoms with Crippen molar-refractivity contribution in [2.24, 2.45) is 0 Å². The molecular formula is C21H21NO5. The van der Waals surface area contributed by atoms with Gasteiger partial charge in [-0.25, -0.2) is 0 Å². The Kier molecular flexibility index (Phi) is 5.54. The second-order valence-electron chi connectivity index (χ2n) is 6.24. The SMILES string of the molecule is CCCC1Oc2ccccc2C(=O)N(CC(=O)c2ccccc2OC)C1=O. The van der Waals surface area contributed by atoms with Gasteiger partial charge in [0.15, 0.2) is 11.9 Å². The van der Waals surface area contributed by atoms with Gasteiger partial charge in [0.25, 0.3) is 11.8 Å². The number of para-hydroxylation sites is 2. The van der Waals surface area contributed by atoms with E-state index in [1.807, 2.05) is 6.92 Å². The van der Waals surface area contributed by atoms with Gasteiger partial charge in [0.1, 0.15) is 11.5 Å². The summed E-state index contributed by atoms with van der Waals surface area (Å²) in [7, 11) is 1.47. The number of carbonyl (C=O) groups is 3. The minimum absolute atomic E-state index is 0.275. The minimum atomic E-state index is -0.798. The summed E-state index contributed by atoms with van der Waals surface area (Å²) in [4.78, 5) is 39.7. The first-order valence-electron chi connectivity index (χ1n) is 8.84. The number of nitrogens with zero attached hydrogens (tertiary/aromatic N) is 1. The fourth-order valence-electron chi connectivity index (χ4n) is 3.07. The van der Waals surface area contributed by atoms with Crippen LogP contribution >= 0.6 is 0 Å². The van der Waals surface area contributed by atoms with Crippen molar-refractivity contribution < 1.29 is 23.9 Å². The lowest BCUT2D eigenvalue weighted by Crippen LogP contribution is -2.45. The lowest BCUT2D eigenvalue weighted by molar-refractivity contribution is -0.135. The largest absolute Gasteiger partial charge is 0.496 e. The third-order valence-corrected chi connectivity index (χ3v) is 4.43. The molecule has 3 rings (SSSR count). The highest BCUT2D eigenvalue weighted by molar-refractivity contribution is 6.12. The zero-order valence-corrected chi connectivity index (χ0v) is 15.3. The van der Waals surface area contributed by atoms with Crippen LogP contribution in [0.2, 0.25) is 0 Å². The van der Waals surface area contributed by atoms with E-state index in [-0.39, 0.29) is 17.9 Å². The van der Waals surface area contributed by atoms with E-state index >= 15 is 0 Å². The zero-order chi connectivity index (χ0) is 19.4. The van der Waals surface area contributed by atoms with E-state index in [1.54, 1.807) is 48.5 Å². The molecule has 0 radical (unpaired) electrons. The summed E-state index contributed by atoms with van der Waals surface area (Å²) in [5.74, 6) is -0.636. The predicted molar refractivity (Wildman–Crippen MR) is 99.1 cm³/mol. The molecule has 6 heteroatoms. The third-order valence-electron chi connectivity index (χ3n) is 4.43. The second-order valence-corrected chi connectivity index (χ2v) is 6.24. The Morgan fingerprint density at radius 1 is 1.11 bits per heavy atom. The number of methoxy groups -OCH3 is 1. The second kappa shape index (κ2) is 8.03. The number of rotatable bonds is 6. The summed E-state index contributed by atoms with van der Waals surface area (Å²) in [5.41, 5.74) is 0.600. The number of imide groups is 1. The number of amides is 2. The maximum absolute atomic E-state index is 13.0. The fraction of sp³-hybridized carbons (Fsp3) is 0.286. The van der Waals surface area contributed by atoms with Gasteiger partial charge in [-0.2, -0.15) is 0 Å². The van der Waals surface area contributed by atoms with Crippen molar-refractivity contribution in [2.75, 3.05) is 13.7 Å². The molecule has 27 heavy (non-hydrogen) atoms. The van der Waals surface area contributed by atoms with Gasteiger partial charge in [0.2, 0.25) is 0 Å². The van der Waals surface area contributed by atoms with Crippen molar-refractivity contribution in [2.45, 2.75) is 25.9 Å². The van der Waals surface area contributed by atoms with Crippen LogP contribution in [0.4, 0.5) is 0 Å². The summed E-state index contributed by atoms with van der Waals surface area (Å²) >= 11 is 0. The quantitative estimate of drug-likeness (QED) is 0.579. The molecular weight excluding hydrogens is 346 g/mol. The molecule has 0 aromatic heterocycles. The van der Waals surface area contributed by atoms with Crippen LogP contribution in [0.5, 0.6) is 11.5 Å². The summed E-state index contributed by atoms with van der Waals surface area (Å²) < 4.78 is 11.0. The number of benzene rings is 2. The molecule has 6 nitrogen and oxygen atoms in total. The Balaban J connectivity index is 1.95. The van der Waals surface area contributed by atoms with Crippen molar-refractivity contribution in [1.82, 2.24) is 4.90 Å². The maximum Gasteiger partial charge on any atom is 0.270 e. The molecule has 1 aliphatic rings. The van der Waals surface area contributed by atoms with Crippen LogP contribution in [0.25, 0.3) is 0 Å². The van der Waals surface area contributed by atoms with Gasteiger partial charge in [-0.15, -0.1) is 0 Å². The van der Waals surface area contributed by atoms with Crippen molar-refractivity contribution in [3.8, 4) is 11.5 Å². The van der Waals surface area contributed by atoms with Crippen molar-refractivity contribution >= 4 is 17.6 Å². The van der Waals surface area contributed by atoms with Crippen molar-refractivity contribution in [3.63, 3.8) is 0 Å². The molecule has 2 amide bonds. The van der Waals surface area contributed by atoms with Crippen molar-refractivity contribution in [1.29, 1.82) is 0 Å². The zero-order valence-electron chi connectivity index (χ0n) is 15.3. The molecule has 2 aromatic rings.